The second-order valence-corrected chi connectivity index (χ2v) is 7.46. The maximum absolute atomic E-state index is 13.2. The van der Waals surface area contributed by atoms with Gasteiger partial charge >= 0.3 is 5.97 Å². The molecule has 10 heteroatoms. The summed E-state index contributed by atoms with van der Waals surface area (Å²) in [5.41, 5.74) is 1.44. The zero-order valence-corrected chi connectivity index (χ0v) is 17.7. The number of benzene rings is 2. The number of nitrogens with one attached hydrogen (secondary N) is 3. The number of hydrogen-bond donors (Lipinski definition) is 4. The number of hydrogen-bond acceptors (Lipinski definition) is 6. The monoisotopic (exact) mass is 449 g/mol. The van der Waals surface area contributed by atoms with Gasteiger partial charge < -0.3 is 30.4 Å². The second kappa shape index (κ2) is 9.86. The Morgan fingerprint density at radius 2 is 2.00 bits per heavy atom. The molecule has 170 valence electrons. The number of carboxylic acid groups (broad SMARTS) is 1. The quantitative estimate of drug-likeness (QED) is 0.415. The SMILES string of the molecule is O=C(O)CC1CN(C(=O)c2ccccc2)c2cc(NC(=O)CCNc3ncc[nH]3)ccc2O1. The highest BCUT2D eigenvalue weighted by Gasteiger charge is 2.32. The second-order valence-electron chi connectivity index (χ2n) is 7.46. The first kappa shape index (κ1) is 21.9. The van der Waals surface area contributed by atoms with Gasteiger partial charge in [-0.1, -0.05) is 18.2 Å². The van der Waals surface area contributed by atoms with Gasteiger partial charge in [0.2, 0.25) is 5.91 Å². The Morgan fingerprint density at radius 3 is 2.73 bits per heavy atom. The molecule has 0 saturated heterocycles. The van der Waals surface area contributed by atoms with Crippen molar-refractivity contribution in [1.82, 2.24) is 9.97 Å². The number of rotatable bonds is 8. The largest absolute Gasteiger partial charge is 0.486 e. The Kier molecular flexibility index (Phi) is 6.53. The van der Waals surface area contributed by atoms with Crippen LogP contribution in [0.15, 0.2) is 60.9 Å². The third-order valence-corrected chi connectivity index (χ3v) is 5.02. The number of imidazole rings is 1. The van der Waals surface area contributed by atoms with Crippen molar-refractivity contribution in [3.05, 3.63) is 66.5 Å². The van der Waals surface area contributed by atoms with Gasteiger partial charge in [-0.3, -0.25) is 14.4 Å². The number of nitrogens with zero attached hydrogens (tertiary/aromatic N) is 2. The first-order chi connectivity index (χ1) is 16.0. The molecule has 1 aromatic heterocycles. The molecule has 4 rings (SSSR count). The Bertz CT molecular complexity index is 1130. The lowest BCUT2D eigenvalue weighted by Gasteiger charge is -2.34. The number of aromatic amines is 1. The van der Waals surface area contributed by atoms with Crippen molar-refractivity contribution >= 4 is 35.1 Å². The Balaban J connectivity index is 1.50. The van der Waals surface area contributed by atoms with Gasteiger partial charge in [0.05, 0.1) is 18.7 Å². The van der Waals surface area contributed by atoms with E-state index in [4.69, 9.17) is 4.74 Å². The fourth-order valence-corrected chi connectivity index (χ4v) is 3.53. The van der Waals surface area contributed by atoms with Crippen molar-refractivity contribution < 1.29 is 24.2 Å². The van der Waals surface area contributed by atoms with Gasteiger partial charge in [-0.25, -0.2) is 4.98 Å². The summed E-state index contributed by atoms with van der Waals surface area (Å²) < 4.78 is 5.82. The minimum absolute atomic E-state index is 0.0808. The third-order valence-electron chi connectivity index (χ3n) is 5.02. The smallest absolute Gasteiger partial charge is 0.307 e. The number of ether oxygens (including phenoxy) is 1. The average Bonchev–Trinajstić information content (AvgIpc) is 3.32. The van der Waals surface area contributed by atoms with Gasteiger partial charge in [0.25, 0.3) is 5.91 Å². The molecule has 4 N–H and O–H groups in total. The van der Waals surface area contributed by atoms with Crippen molar-refractivity contribution in [1.29, 1.82) is 0 Å². The molecule has 0 saturated carbocycles. The Hall–Kier alpha value is -4.34. The number of fused-ring (bicyclic) bond motifs is 1. The standard InChI is InChI=1S/C23H23N5O5/c29-20(8-9-24-23-25-10-11-26-23)27-16-6-7-19-18(12-16)28(14-17(33-19)13-21(30)31)22(32)15-4-2-1-3-5-15/h1-7,10-12,17H,8-9,13-14H2,(H,27,29)(H,30,31)(H2,24,25,26). The van der Waals surface area contributed by atoms with Crippen LogP contribution in [0.25, 0.3) is 0 Å². The van der Waals surface area contributed by atoms with Crippen LogP contribution in [0.1, 0.15) is 23.2 Å². The van der Waals surface area contributed by atoms with Gasteiger partial charge in [0.15, 0.2) is 5.95 Å². The zero-order chi connectivity index (χ0) is 23.2. The maximum Gasteiger partial charge on any atom is 0.307 e. The number of carbonyl (C=O) groups excluding carboxylic acids is 2. The van der Waals surface area contributed by atoms with Gasteiger partial charge in [0.1, 0.15) is 11.9 Å². The molecular formula is C23H23N5O5. The maximum atomic E-state index is 13.2. The molecule has 1 aliphatic rings. The summed E-state index contributed by atoms with van der Waals surface area (Å²) in [4.78, 5) is 45.2. The van der Waals surface area contributed by atoms with Gasteiger partial charge in [-0.05, 0) is 30.3 Å². The molecule has 1 aliphatic heterocycles. The van der Waals surface area contributed by atoms with E-state index in [9.17, 15) is 19.5 Å². The van der Waals surface area contributed by atoms with Crippen LogP contribution < -0.4 is 20.3 Å². The molecule has 3 aromatic rings. The lowest BCUT2D eigenvalue weighted by Crippen LogP contribution is -2.44. The normalized spacial score (nSPS) is 14.7. The fourth-order valence-electron chi connectivity index (χ4n) is 3.53. The van der Waals surface area contributed by atoms with E-state index in [-0.39, 0.29) is 31.2 Å². The molecule has 0 aliphatic carbocycles. The highest BCUT2D eigenvalue weighted by molar-refractivity contribution is 6.07. The highest BCUT2D eigenvalue weighted by atomic mass is 16.5. The van der Waals surface area contributed by atoms with Gasteiger partial charge in [-0.2, -0.15) is 0 Å². The summed E-state index contributed by atoms with van der Waals surface area (Å²) >= 11 is 0. The predicted octanol–water partition coefficient (Wildman–Crippen LogP) is 2.73. The lowest BCUT2D eigenvalue weighted by molar-refractivity contribution is -0.138. The molecule has 1 unspecified atom stereocenters. The van der Waals surface area contributed by atoms with E-state index in [1.165, 1.54) is 4.90 Å². The van der Waals surface area contributed by atoms with E-state index >= 15 is 0 Å². The van der Waals surface area contributed by atoms with Crippen LogP contribution in [0.2, 0.25) is 0 Å². The number of aromatic nitrogens is 2. The topological polar surface area (TPSA) is 137 Å². The summed E-state index contributed by atoms with van der Waals surface area (Å²) in [6.45, 7) is 0.473. The summed E-state index contributed by atoms with van der Waals surface area (Å²) in [5.74, 6) is -0.534. The van der Waals surface area contributed by atoms with E-state index in [1.54, 1.807) is 54.9 Å². The third kappa shape index (κ3) is 5.48. The molecule has 1 atom stereocenters. The fraction of sp³-hybridized carbons (Fsp3) is 0.217. The molecule has 33 heavy (non-hydrogen) atoms. The number of amides is 2. The number of H-pyrrole nitrogens is 1. The molecular weight excluding hydrogens is 426 g/mol. The van der Waals surface area contributed by atoms with Crippen LogP contribution in [-0.4, -0.2) is 52.1 Å². The molecule has 2 heterocycles. The lowest BCUT2D eigenvalue weighted by atomic mass is 10.1. The average molecular weight is 449 g/mol. The van der Waals surface area contributed by atoms with Crippen molar-refractivity contribution in [3.63, 3.8) is 0 Å². The predicted molar refractivity (Wildman–Crippen MR) is 122 cm³/mol. The molecule has 0 bridgehead atoms. The summed E-state index contributed by atoms with van der Waals surface area (Å²) in [5, 5.41) is 15.0. The van der Waals surface area contributed by atoms with Gasteiger partial charge in [-0.15, -0.1) is 0 Å². The molecule has 0 spiro atoms. The highest BCUT2D eigenvalue weighted by Crippen LogP contribution is 2.37. The first-order valence-corrected chi connectivity index (χ1v) is 10.4. The summed E-state index contributed by atoms with van der Waals surface area (Å²) in [6, 6.07) is 13.7. The van der Waals surface area contributed by atoms with Crippen molar-refractivity contribution in [2.24, 2.45) is 0 Å². The number of carboxylic acids is 1. The van der Waals surface area contributed by atoms with Crippen LogP contribution in [0.4, 0.5) is 17.3 Å². The van der Waals surface area contributed by atoms with Crippen molar-refractivity contribution in [2.45, 2.75) is 18.9 Å². The molecule has 2 amide bonds. The first-order valence-electron chi connectivity index (χ1n) is 10.4. The van der Waals surface area contributed by atoms with E-state index in [2.05, 4.69) is 20.6 Å². The summed E-state index contributed by atoms with van der Waals surface area (Å²) in [7, 11) is 0. The molecule has 2 aromatic carbocycles. The van der Waals surface area contributed by atoms with Gasteiger partial charge in [0, 0.05) is 36.6 Å². The molecule has 0 radical (unpaired) electrons. The van der Waals surface area contributed by atoms with Crippen LogP contribution in [0.5, 0.6) is 5.75 Å². The molecule has 0 fully saturated rings. The summed E-state index contributed by atoms with van der Waals surface area (Å²) in [6.07, 6.45) is 2.58. The van der Waals surface area contributed by atoms with E-state index in [1.807, 2.05) is 6.07 Å². The number of anilines is 3. The minimum Gasteiger partial charge on any atom is -0.486 e. The van der Waals surface area contributed by atoms with E-state index < -0.39 is 12.1 Å². The van der Waals surface area contributed by atoms with Crippen LogP contribution in [-0.2, 0) is 9.59 Å². The van der Waals surface area contributed by atoms with E-state index in [0.717, 1.165) is 0 Å². The Morgan fingerprint density at radius 1 is 1.18 bits per heavy atom. The van der Waals surface area contributed by atoms with Crippen LogP contribution >= 0.6 is 0 Å². The minimum atomic E-state index is -1.01. The van der Waals surface area contributed by atoms with Crippen LogP contribution in [0.3, 0.4) is 0 Å². The van der Waals surface area contributed by atoms with Crippen LogP contribution in [0, 0.1) is 0 Å². The molecule has 10 nitrogen and oxygen atoms in total. The van der Waals surface area contributed by atoms with Crippen molar-refractivity contribution in [3.8, 4) is 5.75 Å². The van der Waals surface area contributed by atoms with E-state index in [0.29, 0.717) is 35.2 Å². The number of carbonyl (C=O) groups is 3. The van der Waals surface area contributed by atoms with Crippen molar-refractivity contribution in [2.75, 3.05) is 28.6 Å². The number of aliphatic carboxylic acids is 1. The Labute approximate surface area is 189 Å². The zero-order valence-electron chi connectivity index (χ0n) is 17.7.